The molecule has 0 radical (unpaired) electrons. The minimum absolute atomic E-state index is 0.0606. The molecule has 1 N–H and O–H groups in total. The van der Waals surface area contributed by atoms with Crippen LogP contribution < -0.4 is 0 Å². The summed E-state index contributed by atoms with van der Waals surface area (Å²) in [4.78, 5) is 24.1. The molecule has 226 valence electrons. The van der Waals surface area contributed by atoms with Crippen molar-refractivity contribution in [2.75, 3.05) is 13.2 Å². The average molecular weight is 541 g/mol. The fourth-order valence-electron chi connectivity index (χ4n) is 4.71. The number of hydrogen-bond donors (Lipinski definition) is 1. The molecule has 0 saturated heterocycles. The number of unbranched alkanes of at least 4 members (excludes halogenated alkanes) is 15. The van der Waals surface area contributed by atoms with Crippen LogP contribution in [0.1, 0.15) is 169 Å². The van der Waals surface area contributed by atoms with Crippen molar-refractivity contribution in [3.63, 3.8) is 0 Å². The summed E-state index contributed by atoms with van der Waals surface area (Å²) >= 11 is 0. The van der Waals surface area contributed by atoms with Crippen LogP contribution in [0.3, 0.4) is 0 Å². The maximum absolute atomic E-state index is 12.1. The highest BCUT2D eigenvalue weighted by molar-refractivity contribution is 5.70. The van der Waals surface area contributed by atoms with Crippen molar-refractivity contribution in [3.05, 3.63) is 0 Å². The number of carbonyl (C=O) groups excluding carboxylic acids is 2. The molecule has 0 spiro atoms. The highest BCUT2D eigenvalue weighted by Gasteiger charge is 2.16. The van der Waals surface area contributed by atoms with Gasteiger partial charge in [-0.15, -0.1) is 0 Å². The Kier molecular flexibility index (Phi) is 26.7. The molecule has 0 rings (SSSR count). The molecule has 5 heteroatoms. The highest BCUT2D eigenvalue weighted by atomic mass is 16.6. The molecule has 0 aromatic carbocycles. The molecule has 0 saturated carbocycles. The fraction of sp³-hybridized carbons (Fsp3) is 0.939. The molecule has 38 heavy (non-hydrogen) atoms. The van der Waals surface area contributed by atoms with Crippen molar-refractivity contribution in [1.29, 1.82) is 0 Å². The number of aliphatic hydroxyl groups is 1. The molecule has 0 amide bonds. The average Bonchev–Trinajstić information content (AvgIpc) is 2.90. The molecular weight excluding hydrogens is 476 g/mol. The SMILES string of the molecule is CCC(C)CCCCCCCCCCC(=O)O[C@@H](CO)COC(=O)CCCCCCCCCCCC(C)C. The zero-order valence-electron chi connectivity index (χ0n) is 25.8. The van der Waals surface area contributed by atoms with Crippen LogP contribution in [0, 0.1) is 11.8 Å². The molecule has 0 aliphatic rings. The Morgan fingerprint density at radius 3 is 1.47 bits per heavy atom. The van der Waals surface area contributed by atoms with E-state index in [-0.39, 0.29) is 25.2 Å². The Balaban J connectivity index is 3.58. The molecule has 0 aromatic heterocycles. The van der Waals surface area contributed by atoms with Crippen LogP contribution in [0.15, 0.2) is 0 Å². The van der Waals surface area contributed by atoms with E-state index in [2.05, 4.69) is 27.7 Å². The third kappa shape index (κ3) is 26.5. The van der Waals surface area contributed by atoms with Crippen LogP contribution in [0.4, 0.5) is 0 Å². The number of carbonyl (C=O) groups is 2. The van der Waals surface area contributed by atoms with Crippen LogP contribution in [0.5, 0.6) is 0 Å². The Labute approximate surface area is 236 Å². The van der Waals surface area contributed by atoms with Gasteiger partial charge in [0.05, 0.1) is 6.61 Å². The molecule has 0 aliphatic heterocycles. The summed E-state index contributed by atoms with van der Waals surface area (Å²) in [5.74, 6) is 1.09. The van der Waals surface area contributed by atoms with E-state index >= 15 is 0 Å². The van der Waals surface area contributed by atoms with Crippen LogP contribution in [0.25, 0.3) is 0 Å². The summed E-state index contributed by atoms with van der Waals surface area (Å²) in [5, 5.41) is 9.48. The summed E-state index contributed by atoms with van der Waals surface area (Å²) < 4.78 is 10.5. The first-order chi connectivity index (χ1) is 18.4. The monoisotopic (exact) mass is 540 g/mol. The first-order valence-corrected chi connectivity index (χ1v) is 16.3. The van der Waals surface area contributed by atoms with E-state index in [0.29, 0.717) is 12.8 Å². The lowest BCUT2D eigenvalue weighted by atomic mass is 9.99. The Morgan fingerprint density at radius 1 is 0.605 bits per heavy atom. The largest absolute Gasteiger partial charge is 0.462 e. The normalized spacial score (nSPS) is 13.0. The van der Waals surface area contributed by atoms with Crippen LogP contribution >= 0.6 is 0 Å². The summed E-state index contributed by atoms with van der Waals surface area (Å²) in [7, 11) is 0. The lowest BCUT2D eigenvalue weighted by Gasteiger charge is -2.15. The van der Waals surface area contributed by atoms with Gasteiger partial charge in [0.25, 0.3) is 0 Å². The maximum Gasteiger partial charge on any atom is 0.306 e. The topological polar surface area (TPSA) is 72.8 Å². The van der Waals surface area contributed by atoms with Crippen molar-refractivity contribution >= 4 is 11.9 Å². The lowest BCUT2D eigenvalue weighted by molar-refractivity contribution is -0.161. The van der Waals surface area contributed by atoms with Gasteiger partial charge < -0.3 is 14.6 Å². The molecule has 0 fully saturated rings. The van der Waals surface area contributed by atoms with E-state index in [4.69, 9.17) is 9.47 Å². The Hall–Kier alpha value is -1.10. The van der Waals surface area contributed by atoms with Gasteiger partial charge in [0, 0.05) is 12.8 Å². The quantitative estimate of drug-likeness (QED) is 0.0790. The predicted molar refractivity (Wildman–Crippen MR) is 159 cm³/mol. The Morgan fingerprint density at radius 2 is 1.03 bits per heavy atom. The van der Waals surface area contributed by atoms with Gasteiger partial charge in [-0.25, -0.2) is 0 Å². The number of hydrogen-bond acceptors (Lipinski definition) is 5. The molecule has 1 unspecified atom stereocenters. The van der Waals surface area contributed by atoms with Gasteiger partial charge in [0.2, 0.25) is 0 Å². The minimum atomic E-state index is -0.762. The van der Waals surface area contributed by atoms with Crippen LogP contribution in [-0.2, 0) is 19.1 Å². The molecule has 5 nitrogen and oxygen atoms in total. The van der Waals surface area contributed by atoms with Crippen molar-refractivity contribution < 1.29 is 24.2 Å². The molecule has 0 heterocycles. The predicted octanol–water partition coefficient (Wildman–Crippen LogP) is 9.33. The van der Waals surface area contributed by atoms with E-state index in [1.54, 1.807) is 0 Å². The second-order valence-electron chi connectivity index (χ2n) is 12.0. The number of rotatable bonds is 28. The van der Waals surface area contributed by atoms with Gasteiger partial charge >= 0.3 is 11.9 Å². The van der Waals surface area contributed by atoms with Crippen LogP contribution in [-0.4, -0.2) is 36.4 Å². The number of ether oxygens (including phenoxy) is 2. The number of aliphatic hydroxyl groups excluding tert-OH is 1. The van der Waals surface area contributed by atoms with Gasteiger partial charge in [-0.05, 0) is 24.7 Å². The molecule has 2 atom stereocenters. The van der Waals surface area contributed by atoms with Gasteiger partial charge in [-0.3, -0.25) is 9.59 Å². The van der Waals surface area contributed by atoms with Gasteiger partial charge in [0.1, 0.15) is 6.61 Å². The van der Waals surface area contributed by atoms with Gasteiger partial charge in [0.15, 0.2) is 6.10 Å². The van der Waals surface area contributed by atoms with E-state index in [9.17, 15) is 14.7 Å². The van der Waals surface area contributed by atoms with Crippen molar-refractivity contribution in [1.82, 2.24) is 0 Å². The lowest BCUT2D eigenvalue weighted by Crippen LogP contribution is -2.28. The Bertz CT molecular complexity index is 533. The first-order valence-electron chi connectivity index (χ1n) is 16.3. The summed E-state index contributed by atoms with van der Waals surface area (Å²) in [5.41, 5.74) is 0. The molecule has 0 bridgehead atoms. The smallest absolute Gasteiger partial charge is 0.306 e. The van der Waals surface area contributed by atoms with Crippen LogP contribution in [0.2, 0.25) is 0 Å². The summed E-state index contributed by atoms with van der Waals surface area (Å²) in [6.07, 6.45) is 24.4. The zero-order valence-corrected chi connectivity index (χ0v) is 25.8. The van der Waals surface area contributed by atoms with Crippen molar-refractivity contribution in [3.8, 4) is 0 Å². The van der Waals surface area contributed by atoms with E-state index < -0.39 is 6.10 Å². The third-order valence-corrected chi connectivity index (χ3v) is 7.62. The highest BCUT2D eigenvalue weighted by Crippen LogP contribution is 2.16. The van der Waals surface area contributed by atoms with Crippen molar-refractivity contribution in [2.24, 2.45) is 11.8 Å². The second-order valence-corrected chi connectivity index (χ2v) is 12.0. The summed E-state index contributed by atoms with van der Waals surface area (Å²) in [6, 6.07) is 0. The zero-order chi connectivity index (χ0) is 28.3. The van der Waals surface area contributed by atoms with Crippen molar-refractivity contribution in [2.45, 2.75) is 175 Å². The molecular formula is C33H64O5. The summed E-state index contributed by atoms with van der Waals surface area (Å²) in [6.45, 7) is 8.79. The third-order valence-electron chi connectivity index (χ3n) is 7.62. The van der Waals surface area contributed by atoms with E-state index in [0.717, 1.165) is 50.4 Å². The molecule has 0 aliphatic carbocycles. The molecule has 0 aromatic rings. The van der Waals surface area contributed by atoms with E-state index in [1.807, 2.05) is 0 Å². The first kappa shape index (κ1) is 36.9. The van der Waals surface area contributed by atoms with E-state index in [1.165, 1.54) is 89.9 Å². The maximum atomic E-state index is 12.1. The van der Waals surface area contributed by atoms with Gasteiger partial charge in [-0.1, -0.05) is 143 Å². The number of esters is 2. The standard InChI is InChI=1S/C33H64O5/c1-5-30(4)24-20-16-12-9-10-14-18-22-26-33(36)38-31(27-34)28-37-32(35)25-21-17-13-8-6-7-11-15-19-23-29(2)3/h29-31,34H,5-28H2,1-4H3/t30?,31-/m0/s1. The van der Waals surface area contributed by atoms with Gasteiger partial charge in [-0.2, -0.15) is 0 Å². The minimum Gasteiger partial charge on any atom is -0.462 e. The second kappa shape index (κ2) is 27.5. The fourth-order valence-corrected chi connectivity index (χ4v) is 4.71.